The Morgan fingerprint density at radius 2 is 1.85 bits per heavy atom. The number of hydrogen-bond donors (Lipinski definition) is 1. The quantitative estimate of drug-likeness (QED) is 0.571. The molecule has 0 radical (unpaired) electrons. The molecule has 2 aliphatic rings. The molecule has 2 amide bonds. The number of pyridine rings is 1. The zero-order valence-corrected chi connectivity index (χ0v) is 19.2. The van der Waals surface area contributed by atoms with Gasteiger partial charge in [0.2, 0.25) is 5.91 Å². The highest BCUT2D eigenvalue weighted by molar-refractivity contribution is 6.08. The molecule has 2 fully saturated rings. The minimum absolute atomic E-state index is 0.0316. The molecule has 8 heteroatoms. The Hall–Kier alpha value is -3.26. The molecular formula is C25H29N5O3. The Kier molecular flexibility index (Phi) is 5.62. The van der Waals surface area contributed by atoms with Gasteiger partial charge in [0.25, 0.3) is 5.91 Å². The molecule has 8 nitrogen and oxygen atoms in total. The Morgan fingerprint density at radius 3 is 2.45 bits per heavy atom. The van der Waals surface area contributed by atoms with Gasteiger partial charge in [-0.1, -0.05) is 0 Å². The van der Waals surface area contributed by atoms with E-state index in [4.69, 9.17) is 9.72 Å². The van der Waals surface area contributed by atoms with Crippen molar-refractivity contribution >= 4 is 28.5 Å². The predicted molar refractivity (Wildman–Crippen MR) is 126 cm³/mol. The molecule has 0 spiro atoms. The van der Waals surface area contributed by atoms with Crippen LogP contribution < -0.4 is 5.32 Å². The number of hydrogen-bond acceptors (Lipinski definition) is 5. The highest BCUT2D eigenvalue weighted by Crippen LogP contribution is 2.47. The van der Waals surface area contributed by atoms with Gasteiger partial charge < -0.3 is 19.5 Å². The van der Waals surface area contributed by atoms with Crippen LogP contribution in [0.2, 0.25) is 0 Å². The van der Waals surface area contributed by atoms with Crippen LogP contribution in [0.25, 0.3) is 22.4 Å². The number of imidazole rings is 1. The smallest absolute Gasteiger partial charge is 0.256 e. The topological polar surface area (TPSA) is 89.3 Å². The van der Waals surface area contributed by atoms with E-state index in [0.717, 1.165) is 16.9 Å². The van der Waals surface area contributed by atoms with Gasteiger partial charge in [0.1, 0.15) is 12.4 Å². The zero-order chi connectivity index (χ0) is 23.1. The summed E-state index contributed by atoms with van der Waals surface area (Å²) >= 11 is 0. The first-order chi connectivity index (χ1) is 16.0. The molecule has 1 N–H and O–H groups in total. The van der Waals surface area contributed by atoms with Crippen LogP contribution in [0.4, 0.5) is 5.69 Å². The summed E-state index contributed by atoms with van der Waals surface area (Å²) in [5.74, 6) is 1.64. The van der Waals surface area contributed by atoms with Crippen LogP contribution in [0.3, 0.4) is 0 Å². The third kappa shape index (κ3) is 4.23. The Bertz CT molecular complexity index is 1190. The van der Waals surface area contributed by atoms with E-state index in [1.54, 1.807) is 18.5 Å². The third-order valence-corrected chi connectivity index (χ3v) is 6.67. The number of benzene rings is 1. The second-order valence-corrected chi connectivity index (χ2v) is 9.18. The average molecular weight is 448 g/mol. The zero-order valence-electron chi connectivity index (χ0n) is 19.2. The number of carbonyl (C=O) groups is 2. The van der Waals surface area contributed by atoms with Crippen LogP contribution >= 0.6 is 0 Å². The first kappa shape index (κ1) is 21.6. The Morgan fingerprint density at radius 1 is 1.18 bits per heavy atom. The number of carbonyl (C=O) groups excluding carboxylic acids is 2. The number of amides is 2. The standard InChI is InChI=1S/C25H29N5O3/c1-29-23-19(25(32)30(2)22(15-4-5-15)16-6-7-16)12-18(27-21(31)14-33-3)13-20(23)28-24(29)17-8-10-26-11-9-17/h8-13,15-16,22H,4-7,14H2,1-3H3,(H,27,31). The van der Waals surface area contributed by atoms with Crippen LogP contribution in [0.5, 0.6) is 0 Å². The van der Waals surface area contributed by atoms with Crippen LogP contribution in [-0.4, -0.2) is 58.1 Å². The lowest BCUT2D eigenvalue weighted by atomic mass is 10.0. The second-order valence-electron chi connectivity index (χ2n) is 9.18. The molecule has 2 aliphatic carbocycles. The number of nitrogens with zero attached hydrogens (tertiary/aromatic N) is 4. The van der Waals surface area contributed by atoms with Crippen molar-refractivity contribution in [1.29, 1.82) is 0 Å². The fourth-order valence-corrected chi connectivity index (χ4v) is 4.89. The largest absolute Gasteiger partial charge is 0.375 e. The van der Waals surface area contributed by atoms with E-state index in [1.807, 2.05) is 41.8 Å². The predicted octanol–water partition coefficient (Wildman–Crippen LogP) is 3.48. The molecule has 2 aromatic heterocycles. The summed E-state index contributed by atoms with van der Waals surface area (Å²) in [4.78, 5) is 36.9. The van der Waals surface area contributed by atoms with E-state index >= 15 is 0 Å². The Balaban J connectivity index is 1.60. The van der Waals surface area contributed by atoms with Crippen molar-refractivity contribution in [3.05, 3.63) is 42.2 Å². The van der Waals surface area contributed by atoms with E-state index in [2.05, 4.69) is 10.3 Å². The van der Waals surface area contributed by atoms with Gasteiger partial charge in [0.05, 0.1) is 16.6 Å². The number of nitrogens with one attached hydrogen (secondary N) is 1. The normalized spacial score (nSPS) is 15.8. The molecule has 0 atom stereocenters. The van der Waals surface area contributed by atoms with E-state index in [1.165, 1.54) is 32.8 Å². The van der Waals surface area contributed by atoms with E-state index in [0.29, 0.717) is 28.6 Å². The molecule has 3 aromatic rings. The molecule has 0 bridgehead atoms. The number of aromatic nitrogens is 3. The van der Waals surface area contributed by atoms with Crippen LogP contribution in [-0.2, 0) is 16.6 Å². The highest BCUT2D eigenvalue weighted by atomic mass is 16.5. The summed E-state index contributed by atoms with van der Waals surface area (Å²) in [5.41, 5.74) is 3.41. The highest BCUT2D eigenvalue weighted by Gasteiger charge is 2.45. The van der Waals surface area contributed by atoms with Gasteiger partial charge >= 0.3 is 0 Å². The summed E-state index contributed by atoms with van der Waals surface area (Å²) in [6, 6.07) is 7.65. The number of ether oxygens (including phenoxy) is 1. The number of anilines is 1. The molecule has 2 heterocycles. The summed E-state index contributed by atoms with van der Waals surface area (Å²) in [7, 11) is 5.32. The average Bonchev–Trinajstić information content (AvgIpc) is 3.74. The van der Waals surface area contributed by atoms with Crippen molar-refractivity contribution in [2.24, 2.45) is 18.9 Å². The summed E-state index contributed by atoms with van der Waals surface area (Å²) in [5, 5.41) is 2.84. The van der Waals surface area contributed by atoms with Crippen LogP contribution in [0.1, 0.15) is 36.0 Å². The molecule has 33 heavy (non-hydrogen) atoms. The van der Waals surface area contributed by atoms with Gasteiger partial charge in [-0.2, -0.15) is 0 Å². The van der Waals surface area contributed by atoms with Crippen molar-refractivity contribution in [3.63, 3.8) is 0 Å². The van der Waals surface area contributed by atoms with Crippen molar-refractivity contribution in [3.8, 4) is 11.4 Å². The van der Waals surface area contributed by atoms with E-state index in [-0.39, 0.29) is 24.5 Å². The lowest BCUT2D eigenvalue weighted by Gasteiger charge is -2.29. The summed E-state index contributed by atoms with van der Waals surface area (Å²) in [6.07, 6.45) is 8.22. The lowest BCUT2D eigenvalue weighted by Crippen LogP contribution is -2.40. The molecule has 0 unspecified atom stereocenters. The van der Waals surface area contributed by atoms with Gasteiger partial charge in [-0.15, -0.1) is 0 Å². The fraction of sp³-hybridized carbons (Fsp3) is 0.440. The minimum Gasteiger partial charge on any atom is -0.375 e. The van der Waals surface area contributed by atoms with E-state index < -0.39 is 0 Å². The molecule has 172 valence electrons. The lowest BCUT2D eigenvalue weighted by molar-refractivity contribution is -0.119. The van der Waals surface area contributed by atoms with Gasteiger partial charge in [0.15, 0.2) is 0 Å². The first-order valence-electron chi connectivity index (χ1n) is 11.4. The Labute approximate surface area is 193 Å². The molecule has 0 saturated heterocycles. The third-order valence-electron chi connectivity index (χ3n) is 6.67. The van der Waals surface area contributed by atoms with Gasteiger partial charge in [-0.05, 0) is 61.8 Å². The molecule has 1 aromatic carbocycles. The number of aryl methyl sites for hydroxylation is 1. The van der Waals surface area contributed by atoms with Crippen LogP contribution in [0, 0.1) is 11.8 Å². The van der Waals surface area contributed by atoms with Crippen molar-refractivity contribution in [2.75, 3.05) is 26.1 Å². The van der Waals surface area contributed by atoms with Crippen LogP contribution in [0.15, 0.2) is 36.7 Å². The first-order valence-corrected chi connectivity index (χ1v) is 11.4. The molecule has 2 saturated carbocycles. The maximum Gasteiger partial charge on any atom is 0.256 e. The fourth-order valence-electron chi connectivity index (χ4n) is 4.89. The monoisotopic (exact) mass is 447 g/mol. The van der Waals surface area contributed by atoms with Crippen molar-refractivity contribution in [2.45, 2.75) is 31.7 Å². The maximum atomic E-state index is 13.9. The number of methoxy groups -OCH3 is 1. The maximum absolute atomic E-state index is 13.9. The number of fused-ring (bicyclic) bond motifs is 1. The van der Waals surface area contributed by atoms with Gasteiger partial charge in [-0.3, -0.25) is 14.6 Å². The number of rotatable bonds is 8. The second kappa shape index (κ2) is 8.59. The van der Waals surface area contributed by atoms with E-state index in [9.17, 15) is 9.59 Å². The van der Waals surface area contributed by atoms with Gasteiger partial charge in [-0.25, -0.2) is 4.98 Å². The molecule has 5 rings (SSSR count). The van der Waals surface area contributed by atoms with Crippen molar-refractivity contribution in [1.82, 2.24) is 19.4 Å². The minimum atomic E-state index is -0.275. The van der Waals surface area contributed by atoms with Gasteiger partial charge in [0, 0.05) is 50.9 Å². The molecular weight excluding hydrogens is 418 g/mol. The molecule has 0 aliphatic heterocycles. The summed E-state index contributed by atoms with van der Waals surface area (Å²) < 4.78 is 6.90. The van der Waals surface area contributed by atoms with Crippen molar-refractivity contribution < 1.29 is 14.3 Å². The SMILES string of the molecule is COCC(=O)Nc1cc(C(=O)N(C)C(C2CC2)C2CC2)c2c(c1)nc(-c1ccncc1)n2C. The summed E-state index contributed by atoms with van der Waals surface area (Å²) in [6.45, 7) is -0.0584.